The van der Waals surface area contributed by atoms with Gasteiger partial charge in [-0.15, -0.1) is 11.8 Å². The monoisotopic (exact) mass is 498 g/mol. The molecule has 0 saturated carbocycles. The highest BCUT2D eigenvalue weighted by Crippen LogP contribution is 2.28. The van der Waals surface area contributed by atoms with E-state index in [1.54, 1.807) is 35.2 Å². The van der Waals surface area contributed by atoms with Gasteiger partial charge < -0.3 is 10.2 Å². The highest BCUT2D eigenvalue weighted by Gasteiger charge is 2.28. The lowest BCUT2D eigenvalue weighted by atomic mass is 10.1. The highest BCUT2D eigenvalue weighted by molar-refractivity contribution is 7.99. The van der Waals surface area contributed by atoms with Crippen LogP contribution < -0.4 is 5.32 Å². The van der Waals surface area contributed by atoms with Crippen LogP contribution in [0.2, 0.25) is 10.0 Å². The van der Waals surface area contributed by atoms with E-state index in [0.717, 1.165) is 24.0 Å². The van der Waals surface area contributed by atoms with E-state index in [2.05, 4.69) is 12.2 Å². The first-order chi connectivity index (χ1) is 15.4. The Balaban J connectivity index is 2.13. The zero-order valence-electron chi connectivity index (χ0n) is 18.4. The van der Waals surface area contributed by atoms with Crippen molar-refractivity contribution in [1.29, 1.82) is 0 Å². The topological polar surface area (TPSA) is 49.4 Å². The summed E-state index contributed by atoms with van der Waals surface area (Å²) in [6.07, 6.45) is 2.32. The van der Waals surface area contributed by atoms with Crippen LogP contribution in [0.5, 0.6) is 0 Å². The van der Waals surface area contributed by atoms with E-state index in [-0.39, 0.29) is 29.9 Å². The number of hydrogen-bond donors (Lipinski definition) is 1. The van der Waals surface area contributed by atoms with Crippen molar-refractivity contribution < 1.29 is 14.0 Å². The first kappa shape index (κ1) is 26.5. The molecule has 4 nitrogen and oxygen atoms in total. The Morgan fingerprint density at radius 3 is 2.34 bits per heavy atom. The van der Waals surface area contributed by atoms with Gasteiger partial charge >= 0.3 is 0 Å². The summed E-state index contributed by atoms with van der Waals surface area (Å²) in [5, 5.41) is 4.04. The molecule has 0 aliphatic rings. The number of hydrogen-bond acceptors (Lipinski definition) is 3. The van der Waals surface area contributed by atoms with Gasteiger partial charge in [-0.05, 0) is 48.2 Å². The summed E-state index contributed by atoms with van der Waals surface area (Å²) in [6, 6.07) is 10.7. The van der Waals surface area contributed by atoms with Crippen LogP contribution in [0, 0.1) is 5.82 Å². The van der Waals surface area contributed by atoms with E-state index < -0.39 is 6.04 Å². The van der Waals surface area contributed by atoms with Gasteiger partial charge in [-0.25, -0.2) is 4.39 Å². The Labute approximate surface area is 203 Å². The van der Waals surface area contributed by atoms with Crippen molar-refractivity contribution >= 4 is 46.8 Å². The molecule has 2 amide bonds. The summed E-state index contributed by atoms with van der Waals surface area (Å²) in [6.45, 7) is 4.73. The summed E-state index contributed by atoms with van der Waals surface area (Å²) in [5.41, 5.74) is 1.54. The molecule has 0 aromatic heterocycles. The van der Waals surface area contributed by atoms with Gasteiger partial charge in [0.2, 0.25) is 11.8 Å². The van der Waals surface area contributed by atoms with Crippen molar-refractivity contribution in [2.24, 2.45) is 0 Å². The minimum absolute atomic E-state index is 0.167. The lowest BCUT2D eigenvalue weighted by Crippen LogP contribution is -2.49. The van der Waals surface area contributed by atoms with Crippen LogP contribution in [0.25, 0.3) is 0 Å². The fraction of sp³-hybridized carbons (Fsp3) is 0.417. The number of rotatable bonds is 12. The number of carbonyl (C=O) groups is 2. The molecular formula is C24H29Cl2FN2O2S. The number of benzene rings is 2. The van der Waals surface area contributed by atoms with Crippen LogP contribution >= 0.6 is 35.0 Å². The molecule has 0 spiro atoms. The Bertz CT molecular complexity index is 876. The van der Waals surface area contributed by atoms with E-state index in [1.165, 1.54) is 23.9 Å². The predicted molar refractivity (Wildman–Crippen MR) is 132 cm³/mol. The van der Waals surface area contributed by atoms with E-state index >= 15 is 0 Å². The van der Waals surface area contributed by atoms with Gasteiger partial charge in [-0.3, -0.25) is 9.59 Å². The maximum atomic E-state index is 13.3. The van der Waals surface area contributed by atoms with Crippen molar-refractivity contribution in [3.05, 3.63) is 69.5 Å². The van der Waals surface area contributed by atoms with Crippen molar-refractivity contribution in [3.63, 3.8) is 0 Å². The third-order valence-electron chi connectivity index (χ3n) is 5.02. The lowest BCUT2D eigenvalue weighted by molar-refractivity contribution is -0.139. The van der Waals surface area contributed by atoms with Crippen molar-refractivity contribution in [1.82, 2.24) is 10.2 Å². The molecule has 0 aliphatic heterocycles. The zero-order valence-corrected chi connectivity index (χ0v) is 20.7. The number of amides is 2. The van der Waals surface area contributed by atoms with Crippen LogP contribution in [-0.4, -0.2) is 35.1 Å². The molecular weight excluding hydrogens is 470 g/mol. The van der Waals surface area contributed by atoms with Crippen molar-refractivity contribution in [3.8, 4) is 0 Å². The normalized spacial score (nSPS) is 11.8. The molecule has 174 valence electrons. The minimum Gasteiger partial charge on any atom is -0.354 e. The van der Waals surface area contributed by atoms with Crippen LogP contribution in [0.1, 0.15) is 44.2 Å². The summed E-state index contributed by atoms with van der Waals surface area (Å²) in [5.74, 6) is -0.0333. The SMILES string of the molecule is CCCCNC(=O)[C@@H](CC)N(Cc1ccc(F)cc1)C(=O)CSCc1c(Cl)cccc1Cl. The second kappa shape index (κ2) is 13.7. The summed E-state index contributed by atoms with van der Waals surface area (Å²) < 4.78 is 13.3. The fourth-order valence-corrected chi connectivity index (χ4v) is 4.85. The van der Waals surface area contributed by atoms with Gasteiger partial charge in [0.25, 0.3) is 0 Å². The largest absolute Gasteiger partial charge is 0.354 e. The molecule has 1 N–H and O–H groups in total. The predicted octanol–water partition coefficient (Wildman–Crippen LogP) is 6.09. The molecule has 2 rings (SSSR count). The molecule has 32 heavy (non-hydrogen) atoms. The summed E-state index contributed by atoms with van der Waals surface area (Å²) in [7, 11) is 0. The lowest BCUT2D eigenvalue weighted by Gasteiger charge is -2.30. The number of nitrogens with zero attached hydrogens (tertiary/aromatic N) is 1. The molecule has 0 unspecified atom stereocenters. The summed E-state index contributed by atoms with van der Waals surface area (Å²) >= 11 is 13.8. The van der Waals surface area contributed by atoms with Crippen molar-refractivity contribution in [2.75, 3.05) is 12.3 Å². The second-order valence-corrected chi connectivity index (χ2v) is 9.21. The highest BCUT2D eigenvalue weighted by atomic mass is 35.5. The van der Waals surface area contributed by atoms with Gasteiger partial charge in [0.1, 0.15) is 11.9 Å². The van der Waals surface area contributed by atoms with E-state index in [9.17, 15) is 14.0 Å². The van der Waals surface area contributed by atoms with Gasteiger partial charge in [0.15, 0.2) is 0 Å². The molecule has 0 bridgehead atoms. The van der Waals surface area contributed by atoms with Gasteiger partial charge in [-0.2, -0.15) is 0 Å². The van der Waals surface area contributed by atoms with Crippen LogP contribution in [0.15, 0.2) is 42.5 Å². The molecule has 0 heterocycles. The fourth-order valence-electron chi connectivity index (χ4n) is 3.21. The average Bonchev–Trinajstić information content (AvgIpc) is 2.77. The molecule has 2 aromatic carbocycles. The maximum Gasteiger partial charge on any atom is 0.242 e. The maximum absolute atomic E-state index is 13.3. The Morgan fingerprint density at radius 2 is 1.75 bits per heavy atom. The standard InChI is InChI=1S/C24H29Cl2FN2O2S/c1-3-5-13-28-24(31)22(4-2)29(14-17-9-11-18(27)12-10-17)23(30)16-32-15-19-20(25)7-6-8-21(19)26/h6-12,22H,3-5,13-16H2,1-2H3,(H,28,31)/t22-/m1/s1. The Morgan fingerprint density at radius 1 is 1.09 bits per heavy atom. The number of halogens is 3. The van der Waals surface area contributed by atoms with Crippen LogP contribution in [0.4, 0.5) is 4.39 Å². The number of unbranched alkanes of at least 4 members (excludes halogenated alkanes) is 1. The van der Waals surface area contributed by atoms with Crippen molar-refractivity contribution in [2.45, 2.75) is 51.4 Å². The minimum atomic E-state index is -0.603. The third kappa shape index (κ3) is 7.98. The van der Waals surface area contributed by atoms with Gasteiger partial charge in [-0.1, -0.05) is 61.7 Å². The molecule has 1 atom stereocenters. The quantitative estimate of drug-likeness (QED) is 0.360. The third-order valence-corrected chi connectivity index (χ3v) is 6.67. The zero-order chi connectivity index (χ0) is 23.5. The van der Waals surface area contributed by atoms with Crippen LogP contribution in [-0.2, 0) is 21.9 Å². The van der Waals surface area contributed by atoms with Crippen LogP contribution in [0.3, 0.4) is 0 Å². The van der Waals surface area contributed by atoms with E-state index in [0.29, 0.717) is 28.8 Å². The second-order valence-electron chi connectivity index (χ2n) is 7.41. The molecule has 8 heteroatoms. The number of nitrogens with one attached hydrogen (secondary N) is 1. The first-order valence-corrected chi connectivity index (χ1v) is 12.6. The molecule has 0 radical (unpaired) electrons. The first-order valence-electron chi connectivity index (χ1n) is 10.7. The molecule has 0 saturated heterocycles. The van der Waals surface area contributed by atoms with E-state index in [1.807, 2.05) is 6.92 Å². The van der Waals surface area contributed by atoms with Gasteiger partial charge in [0.05, 0.1) is 5.75 Å². The summed E-state index contributed by atoms with van der Waals surface area (Å²) in [4.78, 5) is 27.6. The van der Waals surface area contributed by atoms with E-state index in [4.69, 9.17) is 23.2 Å². The number of thioether (sulfide) groups is 1. The van der Waals surface area contributed by atoms with Gasteiger partial charge in [0, 0.05) is 28.9 Å². The molecule has 0 aliphatic carbocycles. The Kier molecular flexibility index (Phi) is 11.4. The molecule has 0 fully saturated rings. The Hall–Kier alpha value is -1.76. The number of carbonyl (C=O) groups excluding carboxylic acids is 2. The average molecular weight is 499 g/mol. The molecule has 2 aromatic rings. The smallest absolute Gasteiger partial charge is 0.242 e.